The second-order valence-corrected chi connectivity index (χ2v) is 3.38. The first-order valence-electron chi connectivity index (χ1n) is 4.81. The predicted molar refractivity (Wildman–Crippen MR) is 59.1 cm³/mol. The summed E-state index contributed by atoms with van der Waals surface area (Å²) in [6.45, 7) is 1.64. The van der Waals surface area contributed by atoms with Gasteiger partial charge in [-0.25, -0.2) is 18.6 Å². The van der Waals surface area contributed by atoms with Gasteiger partial charge in [0, 0.05) is 5.56 Å². The lowest BCUT2D eigenvalue weighted by atomic mass is 10.1. The van der Waals surface area contributed by atoms with E-state index in [9.17, 15) is 13.6 Å². The standard InChI is InChI=1S/C10H11ClF2N2O2/c1-2-17-10(16)8-7(9(12)13)5(3-11)6(14)4-15-8/h4,9H,2-3,14H2,1H3. The Bertz CT molecular complexity index is 427. The van der Waals surface area contributed by atoms with Gasteiger partial charge in [-0.3, -0.25) is 0 Å². The Morgan fingerprint density at radius 1 is 1.65 bits per heavy atom. The Hall–Kier alpha value is -1.43. The van der Waals surface area contributed by atoms with Crippen LogP contribution in [-0.4, -0.2) is 17.6 Å². The van der Waals surface area contributed by atoms with Crippen molar-refractivity contribution in [2.75, 3.05) is 12.3 Å². The maximum atomic E-state index is 12.9. The molecule has 0 radical (unpaired) electrons. The predicted octanol–water partition coefficient (Wildman–Crippen LogP) is 2.52. The highest BCUT2D eigenvalue weighted by Crippen LogP contribution is 2.30. The lowest BCUT2D eigenvalue weighted by Gasteiger charge is -2.12. The fourth-order valence-corrected chi connectivity index (χ4v) is 1.62. The summed E-state index contributed by atoms with van der Waals surface area (Å²) in [6.07, 6.45) is -1.77. The number of esters is 1. The summed E-state index contributed by atoms with van der Waals surface area (Å²) >= 11 is 5.54. The maximum absolute atomic E-state index is 12.9. The van der Waals surface area contributed by atoms with Crippen LogP contribution in [0.5, 0.6) is 0 Å². The summed E-state index contributed by atoms with van der Waals surface area (Å²) in [7, 11) is 0. The number of halogens is 3. The minimum absolute atomic E-state index is 0.0136. The SMILES string of the molecule is CCOC(=O)c1ncc(N)c(CCl)c1C(F)F. The third-order valence-electron chi connectivity index (χ3n) is 2.08. The molecule has 17 heavy (non-hydrogen) atoms. The van der Waals surface area contributed by atoms with Crippen molar-refractivity contribution in [1.29, 1.82) is 0 Å². The molecule has 0 amide bonds. The summed E-state index contributed by atoms with van der Waals surface area (Å²) in [4.78, 5) is 15.0. The molecule has 4 nitrogen and oxygen atoms in total. The topological polar surface area (TPSA) is 65.2 Å². The number of anilines is 1. The van der Waals surface area contributed by atoms with Crippen molar-refractivity contribution in [1.82, 2.24) is 4.98 Å². The largest absolute Gasteiger partial charge is 0.461 e. The minimum atomic E-state index is -2.89. The van der Waals surface area contributed by atoms with Gasteiger partial charge in [0.15, 0.2) is 5.69 Å². The van der Waals surface area contributed by atoms with Crippen LogP contribution in [0.25, 0.3) is 0 Å². The van der Waals surface area contributed by atoms with Crippen LogP contribution in [0, 0.1) is 0 Å². The van der Waals surface area contributed by atoms with Crippen LogP contribution in [0.1, 0.15) is 35.0 Å². The van der Waals surface area contributed by atoms with Gasteiger partial charge in [0.1, 0.15) is 0 Å². The summed E-state index contributed by atoms with van der Waals surface area (Å²) in [6, 6.07) is 0. The average Bonchev–Trinajstić information content (AvgIpc) is 2.28. The number of hydrogen-bond donors (Lipinski definition) is 1. The molecule has 0 fully saturated rings. The van der Waals surface area contributed by atoms with E-state index in [1.165, 1.54) is 0 Å². The fourth-order valence-electron chi connectivity index (χ4n) is 1.33. The Kier molecular flexibility index (Phi) is 4.62. The lowest BCUT2D eigenvalue weighted by molar-refractivity contribution is 0.0507. The molecule has 0 spiro atoms. The lowest BCUT2D eigenvalue weighted by Crippen LogP contribution is -2.14. The number of alkyl halides is 3. The molecule has 1 rings (SSSR count). The normalized spacial score (nSPS) is 10.6. The molecule has 1 heterocycles. The molecule has 7 heteroatoms. The summed E-state index contributed by atoms with van der Waals surface area (Å²) in [5.74, 6) is -1.13. The highest BCUT2D eigenvalue weighted by molar-refractivity contribution is 6.17. The second-order valence-electron chi connectivity index (χ2n) is 3.11. The summed E-state index contributed by atoms with van der Waals surface area (Å²) in [5, 5.41) is 0. The molecular formula is C10H11ClF2N2O2. The van der Waals surface area contributed by atoms with Gasteiger partial charge in [-0.2, -0.15) is 0 Å². The van der Waals surface area contributed by atoms with Crippen LogP contribution < -0.4 is 5.73 Å². The van der Waals surface area contributed by atoms with Gasteiger partial charge in [-0.1, -0.05) is 0 Å². The van der Waals surface area contributed by atoms with Gasteiger partial charge >= 0.3 is 5.97 Å². The number of nitrogen functional groups attached to an aromatic ring is 1. The molecule has 0 atom stereocenters. The molecule has 2 N–H and O–H groups in total. The summed E-state index contributed by atoms with van der Waals surface area (Å²) in [5.41, 5.74) is 4.53. The number of rotatable bonds is 4. The van der Waals surface area contributed by atoms with Crippen LogP contribution >= 0.6 is 11.6 Å². The Morgan fingerprint density at radius 2 is 2.29 bits per heavy atom. The van der Waals surface area contributed by atoms with E-state index in [2.05, 4.69) is 9.72 Å². The number of aromatic nitrogens is 1. The molecule has 0 saturated heterocycles. The molecule has 0 aliphatic heterocycles. The van der Waals surface area contributed by atoms with E-state index in [4.69, 9.17) is 17.3 Å². The zero-order valence-electron chi connectivity index (χ0n) is 9.04. The van der Waals surface area contributed by atoms with Gasteiger partial charge < -0.3 is 10.5 Å². The van der Waals surface area contributed by atoms with E-state index in [0.29, 0.717) is 0 Å². The number of ether oxygens (including phenoxy) is 1. The van der Waals surface area contributed by atoms with Crippen LogP contribution in [0.4, 0.5) is 14.5 Å². The van der Waals surface area contributed by atoms with E-state index < -0.39 is 23.7 Å². The number of hydrogen-bond acceptors (Lipinski definition) is 4. The number of carbonyl (C=O) groups is 1. The Balaban J connectivity index is 3.35. The van der Waals surface area contributed by atoms with Crippen molar-refractivity contribution < 1.29 is 18.3 Å². The van der Waals surface area contributed by atoms with E-state index in [-0.39, 0.29) is 23.7 Å². The van der Waals surface area contributed by atoms with Crippen LogP contribution in [-0.2, 0) is 10.6 Å². The van der Waals surface area contributed by atoms with Crippen LogP contribution in [0.15, 0.2) is 6.20 Å². The number of nitrogens with zero attached hydrogens (tertiary/aromatic N) is 1. The molecule has 0 bridgehead atoms. The highest BCUT2D eigenvalue weighted by Gasteiger charge is 2.25. The molecular weight excluding hydrogens is 254 g/mol. The quantitative estimate of drug-likeness (QED) is 0.670. The third-order valence-corrected chi connectivity index (χ3v) is 2.35. The van der Waals surface area contributed by atoms with Gasteiger partial charge in [0.25, 0.3) is 6.43 Å². The molecule has 0 aliphatic carbocycles. The van der Waals surface area contributed by atoms with E-state index >= 15 is 0 Å². The minimum Gasteiger partial charge on any atom is -0.461 e. The van der Waals surface area contributed by atoms with E-state index in [0.717, 1.165) is 6.20 Å². The van der Waals surface area contributed by atoms with Gasteiger partial charge in [0.2, 0.25) is 0 Å². The van der Waals surface area contributed by atoms with Crippen molar-refractivity contribution >= 4 is 23.3 Å². The Labute approximate surface area is 102 Å². The number of nitrogens with two attached hydrogens (primary N) is 1. The smallest absolute Gasteiger partial charge is 0.357 e. The van der Waals surface area contributed by atoms with Crippen molar-refractivity contribution in [2.45, 2.75) is 19.2 Å². The van der Waals surface area contributed by atoms with Crippen molar-refractivity contribution in [3.63, 3.8) is 0 Å². The number of carbonyl (C=O) groups excluding carboxylic acids is 1. The molecule has 1 aromatic rings. The monoisotopic (exact) mass is 264 g/mol. The second kappa shape index (κ2) is 5.77. The van der Waals surface area contributed by atoms with Gasteiger partial charge in [-0.15, -0.1) is 11.6 Å². The van der Waals surface area contributed by atoms with Gasteiger partial charge in [0.05, 0.1) is 29.9 Å². The number of pyridine rings is 1. The summed E-state index contributed by atoms with van der Waals surface area (Å²) < 4.78 is 30.4. The van der Waals surface area contributed by atoms with Crippen molar-refractivity contribution in [3.05, 3.63) is 23.0 Å². The zero-order chi connectivity index (χ0) is 13.0. The van der Waals surface area contributed by atoms with E-state index in [1.54, 1.807) is 6.92 Å². The van der Waals surface area contributed by atoms with Crippen LogP contribution in [0.2, 0.25) is 0 Å². The van der Waals surface area contributed by atoms with Crippen molar-refractivity contribution in [3.8, 4) is 0 Å². The molecule has 0 unspecified atom stereocenters. The molecule has 0 saturated carbocycles. The zero-order valence-corrected chi connectivity index (χ0v) is 9.80. The van der Waals surface area contributed by atoms with Crippen molar-refractivity contribution in [2.24, 2.45) is 0 Å². The van der Waals surface area contributed by atoms with Crippen LogP contribution in [0.3, 0.4) is 0 Å². The molecule has 0 aromatic carbocycles. The first kappa shape index (κ1) is 13.6. The third kappa shape index (κ3) is 2.82. The maximum Gasteiger partial charge on any atom is 0.357 e. The molecule has 1 aromatic heterocycles. The van der Waals surface area contributed by atoms with Gasteiger partial charge in [-0.05, 0) is 6.92 Å². The van der Waals surface area contributed by atoms with E-state index in [1.807, 2.05) is 0 Å². The first-order valence-corrected chi connectivity index (χ1v) is 5.34. The molecule has 94 valence electrons. The fraction of sp³-hybridized carbons (Fsp3) is 0.400. The highest BCUT2D eigenvalue weighted by atomic mass is 35.5. The first-order chi connectivity index (χ1) is 8.02. The average molecular weight is 265 g/mol. The molecule has 0 aliphatic rings. The Morgan fingerprint density at radius 3 is 2.76 bits per heavy atom.